The molecule has 13 heavy (non-hydrogen) atoms. The average Bonchev–Trinajstić information content (AvgIpc) is 2.48. The van der Waals surface area contributed by atoms with E-state index >= 15 is 0 Å². The van der Waals surface area contributed by atoms with Crippen LogP contribution in [-0.2, 0) is 9.84 Å². The summed E-state index contributed by atoms with van der Waals surface area (Å²) in [6, 6.07) is 0. The summed E-state index contributed by atoms with van der Waals surface area (Å²) < 4.78 is 22.4. The van der Waals surface area contributed by atoms with Crippen molar-refractivity contribution in [3.05, 3.63) is 0 Å². The quantitative estimate of drug-likeness (QED) is 0.745. The molecule has 0 heterocycles. The monoisotopic (exact) mass is 206 g/mol. The van der Waals surface area contributed by atoms with Crippen LogP contribution in [0.15, 0.2) is 0 Å². The lowest BCUT2D eigenvalue weighted by Crippen LogP contribution is -2.18. The summed E-state index contributed by atoms with van der Waals surface area (Å²) in [5, 5.41) is 9.46. The van der Waals surface area contributed by atoms with Crippen LogP contribution >= 0.6 is 0 Å². The average molecular weight is 206 g/mol. The van der Waals surface area contributed by atoms with E-state index in [-0.39, 0.29) is 23.5 Å². The van der Waals surface area contributed by atoms with Crippen molar-refractivity contribution in [1.82, 2.24) is 0 Å². The van der Waals surface area contributed by atoms with Crippen LogP contribution in [0.4, 0.5) is 0 Å². The fourth-order valence-corrected chi connectivity index (χ4v) is 2.78. The first-order valence-electron chi connectivity index (χ1n) is 4.93. The Bertz CT molecular complexity index is 246. The minimum Gasteiger partial charge on any atom is -0.393 e. The van der Waals surface area contributed by atoms with Crippen molar-refractivity contribution in [2.45, 2.75) is 38.7 Å². The van der Waals surface area contributed by atoms with E-state index in [1.54, 1.807) is 6.92 Å². The Morgan fingerprint density at radius 3 is 2.54 bits per heavy atom. The molecule has 0 saturated heterocycles. The van der Waals surface area contributed by atoms with Crippen LogP contribution in [0.3, 0.4) is 0 Å². The van der Waals surface area contributed by atoms with Crippen LogP contribution in [0.1, 0.15) is 32.6 Å². The first-order chi connectivity index (χ1) is 6.05. The highest BCUT2D eigenvalue weighted by molar-refractivity contribution is 7.91. The summed E-state index contributed by atoms with van der Waals surface area (Å²) in [7, 11) is -2.84. The molecule has 4 heteroatoms. The van der Waals surface area contributed by atoms with E-state index in [1.165, 1.54) is 0 Å². The Morgan fingerprint density at radius 2 is 2.08 bits per heavy atom. The van der Waals surface area contributed by atoms with Gasteiger partial charge in [-0.3, -0.25) is 0 Å². The van der Waals surface area contributed by atoms with Gasteiger partial charge in [-0.2, -0.15) is 0 Å². The van der Waals surface area contributed by atoms with E-state index in [2.05, 4.69) is 0 Å². The molecule has 1 aliphatic carbocycles. The van der Waals surface area contributed by atoms with E-state index in [0.717, 1.165) is 19.3 Å². The molecule has 0 amide bonds. The summed E-state index contributed by atoms with van der Waals surface area (Å²) in [4.78, 5) is 0. The first kappa shape index (κ1) is 11.0. The highest BCUT2D eigenvalue weighted by atomic mass is 32.2. The van der Waals surface area contributed by atoms with Crippen molar-refractivity contribution < 1.29 is 13.5 Å². The van der Waals surface area contributed by atoms with Gasteiger partial charge in [0, 0.05) is 5.75 Å². The third kappa shape index (κ3) is 3.27. The lowest BCUT2D eigenvalue weighted by Gasteiger charge is -2.13. The number of aliphatic hydroxyl groups excluding tert-OH is 1. The molecule has 0 aromatic rings. The molecule has 0 aromatic heterocycles. The molecule has 1 fully saturated rings. The molecular formula is C9H18O3S. The van der Waals surface area contributed by atoms with Crippen LogP contribution in [0, 0.1) is 5.92 Å². The summed E-state index contributed by atoms with van der Waals surface area (Å²) in [6.45, 7) is 1.67. The first-order valence-corrected chi connectivity index (χ1v) is 6.76. The number of rotatable bonds is 4. The summed E-state index contributed by atoms with van der Waals surface area (Å²) in [6.07, 6.45) is 3.25. The van der Waals surface area contributed by atoms with E-state index in [0.29, 0.717) is 6.42 Å². The maximum Gasteiger partial charge on any atom is 0.150 e. The van der Waals surface area contributed by atoms with Crippen LogP contribution in [0.25, 0.3) is 0 Å². The zero-order valence-electron chi connectivity index (χ0n) is 8.07. The molecule has 0 aliphatic heterocycles. The van der Waals surface area contributed by atoms with E-state index in [9.17, 15) is 13.5 Å². The lowest BCUT2D eigenvalue weighted by atomic mass is 10.0. The minimum absolute atomic E-state index is 0.218. The van der Waals surface area contributed by atoms with Gasteiger partial charge >= 0.3 is 0 Å². The molecule has 0 aromatic carbocycles. The molecule has 1 aliphatic rings. The van der Waals surface area contributed by atoms with Crippen LogP contribution in [0.2, 0.25) is 0 Å². The summed E-state index contributed by atoms with van der Waals surface area (Å²) >= 11 is 0. The molecule has 1 N–H and O–H groups in total. The molecule has 78 valence electrons. The van der Waals surface area contributed by atoms with Gasteiger partial charge in [-0.15, -0.1) is 0 Å². The number of aliphatic hydroxyl groups is 1. The predicted molar refractivity (Wildman–Crippen MR) is 52.3 cm³/mol. The van der Waals surface area contributed by atoms with E-state index in [1.807, 2.05) is 0 Å². The minimum atomic E-state index is -2.84. The number of hydrogen-bond acceptors (Lipinski definition) is 3. The second-order valence-corrected chi connectivity index (χ2v) is 6.26. The molecule has 3 nitrogen and oxygen atoms in total. The highest BCUT2D eigenvalue weighted by Gasteiger charge is 2.26. The standard InChI is InChI=1S/C9H18O3S/c1-2-13(11,12)7-6-8-4-3-5-9(8)10/h8-10H,2-7H2,1H3. The SMILES string of the molecule is CCS(=O)(=O)CCC1CCCC1O. The van der Waals surface area contributed by atoms with E-state index < -0.39 is 9.84 Å². The second kappa shape index (κ2) is 4.42. The maximum atomic E-state index is 11.2. The van der Waals surface area contributed by atoms with Gasteiger partial charge in [-0.05, 0) is 25.2 Å². The Balaban J connectivity index is 2.34. The van der Waals surface area contributed by atoms with Crippen molar-refractivity contribution in [2.75, 3.05) is 11.5 Å². The Labute approximate surface area is 80.1 Å². The third-order valence-electron chi connectivity index (χ3n) is 2.86. The fourth-order valence-electron chi connectivity index (χ4n) is 1.83. The van der Waals surface area contributed by atoms with Gasteiger partial charge in [0.05, 0.1) is 11.9 Å². The van der Waals surface area contributed by atoms with Gasteiger partial charge in [-0.25, -0.2) is 8.42 Å². The zero-order valence-corrected chi connectivity index (χ0v) is 8.89. The highest BCUT2D eigenvalue weighted by Crippen LogP contribution is 2.28. The smallest absolute Gasteiger partial charge is 0.150 e. The van der Waals surface area contributed by atoms with Gasteiger partial charge in [0.2, 0.25) is 0 Å². The maximum absolute atomic E-state index is 11.2. The normalized spacial score (nSPS) is 29.4. The van der Waals surface area contributed by atoms with Gasteiger partial charge in [0.15, 0.2) is 0 Å². The topological polar surface area (TPSA) is 54.4 Å². The molecule has 2 atom stereocenters. The fraction of sp³-hybridized carbons (Fsp3) is 1.00. The second-order valence-electron chi connectivity index (χ2n) is 3.78. The van der Waals surface area contributed by atoms with Crippen molar-refractivity contribution in [1.29, 1.82) is 0 Å². The van der Waals surface area contributed by atoms with Gasteiger partial charge < -0.3 is 5.11 Å². The van der Waals surface area contributed by atoms with Crippen molar-refractivity contribution >= 4 is 9.84 Å². The molecule has 1 saturated carbocycles. The molecule has 1 rings (SSSR count). The van der Waals surface area contributed by atoms with Gasteiger partial charge in [-0.1, -0.05) is 13.3 Å². The Hall–Kier alpha value is -0.0900. The summed E-state index contributed by atoms with van der Waals surface area (Å²) in [5.41, 5.74) is 0. The van der Waals surface area contributed by atoms with Crippen molar-refractivity contribution in [3.63, 3.8) is 0 Å². The predicted octanol–water partition coefficient (Wildman–Crippen LogP) is 0.972. The molecule has 0 bridgehead atoms. The molecular weight excluding hydrogens is 188 g/mol. The lowest BCUT2D eigenvalue weighted by molar-refractivity contribution is 0.131. The van der Waals surface area contributed by atoms with Crippen LogP contribution in [-0.4, -0.2) is 31.1 Å². The van der Waals surface area contributed by atoms with Crippen molar-refractivity contribution in [2.24, 2.45) is 5.92 Å². The zero-order chi connectivity index (χ0) is 9.90. The number of hydrogen-bond donors (Lipinski definition) is 1. The van der Waals surface area contributed by atoms with Gasteiger partial charge in [0.1, 0.15) is 9.84 Å². The largest absolute Gasteiger partial charge is 0.393 e. The summed E-state index contributed by atoms with van der Waals surface area (Å²) in [5.74, 6) is 0.683. The number of sulfone groups is 1. The Kier molecular flexibility index (Phi) is 3.74. The molecule has 2 unspecified atom stereocenters. The molecule has 0 spiro atoms. The van der Waals surface area contributed by atoms with Crippen LogP contribution in [0.5, 0.6) is 0 Å². The van der Waals surface area contributed by atoms with Crippen molar-refractivity contribution in [3.8, 4) is 0 Å². The third-order valence-corrected chi connectivity index (χ3v) is 4.60. The van der Waals surface area contributed by atoms with Gasteiger partial charge in [0.25, 0.3) is 0 Å². The van der Waals surface area contributed by atoms with E-state index in [4.69, 9.17) is 0 Å². The van der Waals surface area contributed by atoms with Crippen LogP contribution < -0.4 is 0 Å². The Morgan fingerprint density at radius 1 is 1.38 bits per heavy atom. The molecule has 0 radical (unpaired) electrons.